The molecule has 0 saturated carbocycles. The Morgan fingerprint density at radius 2 is 1.70 bits per heavy atom. The Morgan fingerprint density at radius 1 is 1.10 bits per heavy atom. The maximum Gasteiger partial charge on any atom is 0.417 e. The Labute approximate surface area is 123 Å². The first kappa shape index (κ1) is 17.1. The van der Waals surface area contributed by atoms with Gasteiger partial charge in [0.2, 0.25) is 0 Å². The molecule has 114 valence electrons. The van der Waals surface area contributed by atoms with Crippen molar-refractivity contribution in [3.63, 3.8) is 0 Å². The Kier molecular flexibility index (Phi) is 5.71. The van der Waals surface area contributed by atoms with E-state index in [1.165, 1.54) is 0 Å². The van der Waals surface area contributed by atoms with E-state index in [1.54, 1.807) is 24.9 Å². The zero-order chi connectivity index (χ0) is 15.5. The molecule has 1 aromatic rings. The van der Waals surface area contributed by atoms with Crippen LogP contribution >= 0.6 is 11.6 Å². The molecule has 20 heavy (non-hydrogen) atoms. The average molecular weight is 309 g/mol. The van der Waals surface area contributed by atoms with Gasteiger partial charge in [-0.2, -0.15) is 13.2 Å². The second kappa shape index (κ2) is 6.68. The lowest BCUT2D eigenvalue weighted by atomic mass is 10.1. The van der Waals surface area contributed by atoms with Crippen molar-refractivity contribution in [2.45, 2.75) is 19.5 Å². The van der Waals surface area contributed by atoms with Gasteiger partial charge in [0.05, 0.1) is 16.3 Å². The van der Waals surface area contributed by atoms with Gasteiger partial charge in [0.15, 0.2) is 0 Å². The van der Waals surface area contributed by atoms with E-state index in [9.17, 15) is 13.2 Å². The summed E-state index contributed by atoms with van der Waals surface area (Å²) in [6, 6.07) is 2.77. The molecule has 0 spiro atoms. The molecule has 0 heterocycles. The van der Waals surface area contributed by atoms with Gasteiger partial charge in [0.1, 0.15) is 0 Å². The molecule has 0 bridgehead atoms. The van der Waals surface area contributed by atoms with E-state index < -0.39 is 11.7 Å². The van der Waals surface area contributed by atoms with Crippen LogP contribution in [0.3, 0.4) is 0 Å². The molecule has 0 unspecified atom stereocenters. The molecule has 0 aromatic heterocycles. The Morgan fingerprint density at radius 3 is 2.20 bits per heavy atom. The Balaban J connectivity index is 2.97. The summed E-state index contributed by atoms with van der Waals surface area (Å²) in [5, 5.41) is -0.226. The summed E-state index contributed by atoms with van der Waals surface area (Å²) in [5.41, 5.74) is 0.211. The van der Waals surface area contributed by atoms with Crippen LogP contribution in [0.25, 0.3) is 0 Å². The van der Waals surface area contributed by atoms with E-state index in [2.05, 4.69) is 0 Å². The number of alkyl halides is 3. The first-order valence-electron chi connectivity index (χ1n) is 6.36. The van der Waals surface area contributed by atoms with Crippen molar-refractivity contribution >= 4 is 17.3 Å². The predicted octanol–water partition coefficient (Wildman–Crippen LogP) is 4.06. The minimum absolute atomic E-state index is 0.226. The average Bonchev–Trinajstić information content (AvgIpc) is 2.29. The number of anilines is 1. The largest absolute Gasteiger partial charge is 0.417 e. The number of hydrogen-bond acceptors (Lipinski definition) is 2. The van der Waals surface area contributed by atoms with Gasteiger partial charge in [-0.1, -0.05) is 11.6 Å². The summed E-state index contributed by atoms with van der Waals surface area (Å²) < 4.78 is 38.8. The van der Waals surface area contributed by atoms with E-state index in [0.29, 0.717) is 17.8 Å². The number of rotatable bonds is 5. The molecule has 0 aliphatic rings. The highest BCUT2D eigenvalue weighted by molar-refractivity contribution is 6.34. The van der Waals surface area contributed by atoms with Gasteiger partial charge in [-0.05, 0) is 51.7 Å². The molecule has 0 aliphatic carbocycles. The van der Waals surface area contributed by atoms with Gasteiger partial charge in [-0.3, -0.25) is 0 Å². The Bertz CT molecular complexity index is 458. The van der Waals surface area contributed by atoms with Crippen LogP contribution in [0.2, 0.25) is 5.02 Å². The SMILES string of the molecule is Cc1cc(N(C)CCCN(C)C)c(Cl)c(C(F)(F)F)c1. The molecule has 0 aliphatic heterocycles. The lowest BCUT2D eigenvalue weighted by Crippen LogP contribution is -2.24. The minimum Gasteiger partial charge on any atom is -0.373 e. The molecule has 0 atom stereocenters. The predicted molar refractivity (Wildman–Crippen MR) is 77.6 cm³/mol. The van der Waals surface area contributed by atoms with Crippen LogP contribution in [0, 0.1) is 6.92 Å². The quantitative estimate of drug-likeness (QED) is 0.809. The van der Waals surface area contributed by atoms with E-state index in [0.717, 1.165) is 19.0 Å². The van der Waals surface area contributed by atoms with Crippen LogP contribution in [-0.4, -0.2) is 39.1 Å². The van der Waals surface area contributed by atoms with Crippen LogP contribution in [0.5, 0.6) is 0 Å². The lowest BCUT2D eigenvalue weighted by Gasteiger charge is -2.24. The van der Waals surface area contributed by atoms with Crippen molar-refractivity contribution in [2.24, 2.45) is 0 Å². The fraction of sp³-hybridized carbons (Fsp3) is 0.571. The highest BCUT2D eigenvalue weighted by Gasteiger charge is 2.34. The first-order valence-corrected chi connectivity index (χ1v) is 6.74. The standard InChI is InChI=1S/C14H20ClF3N2/c1-10-8-11(14(16,17)18)13(15)12(9-10)20(4)7-5-6-19(2)3/h8-9H,5-7H2,1-4H3. The maximum atomic E-state index is 12.9. The summed E-state index contributed by atoms with van der Waals surface area (Å²) in [5.74, 6) is 0. The summed E-state index contributed by atoms with van der Waals surface area (Å²) in [4.78, 5) is 3.81. The summed E-state index contributed by atoms with van der Waals surface area (Å²) in [6.45, 7) is 3.17. The minimum atomic E-state index is -4.43. The molecule has 0 fully saturated rings. The molecule has 2 nitrogen and oxygen atoms in total. The van der Waals surface area contributed by atoms with E-state index in [-0.39, 0.29) is 5.02 Å². The second-order valence-electron chi connectivity index (χ2n) is 5.22. The van der Waals surface area contributed by atoms with Crippen molar-refractivity contribution in [3.8, 4) is 0 Å². The molecular formula is C14H20ClF3N2. The Hall–Kier alpha value is -0.940. The number of nitrogens with zero attached hydrogens (tertiary/aromatic N) is 2. The fourth-order valence-corrected chi connectivity index (χ4v) is 2.34. The van der Waals surface area contributed by atoms with E-state index in [1.807, 2.05) is 19.0 Å². The second-order valence-corrected chi connectivity index (χ2v) is 5.60. The fourth-order valence-electron chi connectivity index (χ4n) is 1.98. The van der Waals surface area contributed by atoms with Crippen LogP contribution in [-0.2, 0) is 6.18 Å². The van der Waals surface area contributed by atoms with E-state index >= 15 is 0 Å². The van der Waals surface area contributed by atoms with Gasteiger partial charge >= 0.3 is 6.18 Å². The van der Waals surface area contributed by atoms with Crippen molar-refractivity contribution in [3.05, 3.63) is 28.3 Å². The van der Waals surface area contributed by atoms with Gasteiger partial charge in [-0.25, -0.2) is 0 Å². The van der Waals surface area contributed by atoms with Crippen molar-refractivity contribution in [1.29, 1.82) is 0 Å². The van der Waals surface area contributed by atoms with Crippen molar-refractivity contribution in [1.82, 2.24) is 4.90 Å². The first-order chi connectivity index (χ1) is 9.12. The van der Waals surface area contributed by atoms with Crippen LogP contribution in [0.1, 0.15) is 17.5 Å². The third-order valence-electron chi connectivity index (χ3n) is 3.01. The molecule has 0 saturated heterocycles. The molecule has 6 heteroatoms. The van der Waals surface area contributed by atoms with Crippen LogP contribution < -0.4 is 4.90 Å². The van der Waals surface area contributed by atoms with Crippen LogP contribution in [0.4, 0.5) is 18.9 Å². The molecule has 1 rings (SSSR count). The molecule has 1 aromatic carbocycles. The smallest absolute Gasteiger partial charge is 0.373 e. The normalized spacial score (nSPS) is 12.1. The van der Waals surface area contributed by atoms with Gasteiger partial charge in [-0.15, -0.1) is 0 Å². The summed E-state index contributed by atoms with van der Waals surface area (Å²) >= 11 is 5.93. The van der Waals surface area contributed by atoms with Crippen molar-refractivity contribution in [2.75, 3.05) is 39.1 Å². The number of halogens is 4. The number of hydrogen-bond donors (Lipinski definition) is 0. The van der Waals surface area contributed by atoms with Gasteiger partial charge < -0.3 is 9.80 Å². The summed E-state index contributed by atoms with van der Waals surface area (Å²) in [6.07, 6.45) is -3.57. The highest BCUT2D eigenvalue weighted by atomic mass is 35.5. The number of benzene rings is 1. The van der Waals surface area contributed by atoms with Gasteiger partial charge in [0, 0.05) is 13.6 Å². The third kappa shape index (κ3) is 4.56. The topological polar surface area (TPSA) is 6.48 Å². The lowest BCUT2D eigenvalue weighted by molar-refractivity contribution is -0.137. The highest BCUT2D eigenvalue weighted by Crippen LogP contribution is 2.40. The molecule has 0 amide bonds. The van der Waals surface area contributed by atoms with E-state index in [4.69, 9.17) is 11.6 Å². The molecular weight excluding hydrogens is 289 g/mol. The third-order valence-corrected chi connectivity index (χ3v) is 3.41. The zero-order valence-corrected chi connectivity index (χ0v) is 12.9. The van der Waals surface area contributed by atoms with Crippen LogP contribution in [0.15, 0.2) is 12.1 Å². The zero-order valence-electron chi connectivity index (χ0n) is 12.2. The maximum absolute atomic E-state index is 12.9. The van der Waals surface area contributed by atoms with Crippen molar-refractivity contribution < 1.29 is 13.2 Å². The summed E-state index contributed by atoms with van der Waals surface area (Å²) in [7, 11) is 5.68. The molecule has 0 N–H and O–H groups in total. The van der Waals surface area contributed by atoms with Gasteiger partial charge in [0.25, 0.3) is 0 Å². The monoisotopic (exact) mass is 308 g/mol. The molecule has 0 radical (unpaired) electrons. The number of aryl methyl sites for hydroxylation is 1.